The van der Waals surface area contributed by atoms with Crippen molar-refractivity contribution in [3.63, 3.8) is 0 Å². The number of fused-ring (bicyclic) bond motifs is 1. The van der Waals surface area contributed by atoms with Crippen molar-refractivity contribution in [2.45, 2.75) is 12.3 Å². The van der Waals surface area contributed by atoms with Crippen LogP contribution < -0.4 is 4.90 Å². The van der Waals surface area contributed by atoms with Crippen molar-refractivity contribution in [3.8, 4) is 0 Å². The van der Waals surface area contributed by atoms with Crippen molar-refractivity contribution in [2.24, 2.45) is 0 Å². The van der Waals surface area contributed by atoms with Crippen molar-refractivity contribution in [1.29, 1.82) is 0 Å². The van der Waals surface area contributed by atoms with E-state index in [0.717, 1.165) is 11.3 Å². The smallest absolute Gasteiger partial charge is 0.234 e. The lowest BCUT2D eigenvalue weighted by atomic mass is 9.98. The van der Waals surface area contributed by atoms with Crippen LogP contribution in [0.3, 0.4) is 0 Å². The van der Waals surface area contributed by atoms with Gasteiger partial charge in [0.05, 0.1) is 5.92 Å². The van der Waals surface area contributed by atoms with Crippen LogP contribution >= 0.6 is 11.6 Å². The van der Waals surface area contributed by atoms with Crippen molar-refractivity contribution in [1.82, 2.24) is 0 Å². The maximum atomic E-state index is 11.8. The van der Waals surface area contributed by atoms with Gasteiger partial charge in [-0.05, 0) is 23.2 Å². The molecule has 0 spiro atoms. The van der Waals surface area contributed by atoms with Crippen molar-refractivity contribution in [3.05, 3.63) is 29.8 Å². The van der Waals surface area contributed by atoms with Crippen molar-refractivity contribution < 1.29 is 9.59 Å². The second kappa shape index (κ2) is 3.66. The molecule has 1 aliphatic heterocycles. The van der Waals surface area contributed by atoms with Crippen LogP contribution in [0.4, 0.5) is 5.69 Å². The molecule has 78 valence electrons. The van der Waals surface area contributed by atoms with Gasteiger partial charge in [-0.2, -0.15) is 0 Å². The minimum absolute atomic E-state index is 0.0646. The van der Waals surface area contributed by atoms with Gasteiger partial charge in [-0.15, -0.1) is 0 Å². The molecule has 1 aliphatic rings. The average molecular weight is 224 g/mol. The summed E-state index contributed by atoms with van der Waals surface area (Å²) in [6.07, 6.45) is 0.0712. The van der Waals surface area contributed by atoms with Gasteiger partial charge in [0, 0.05) is 19.2 Å². The molecule has 2 rings (SSSR count). The lowest BCUT2D eigenvalue weighted by Gasteiger charge is -2.09. The summed E-state index contributed by atoms with van der Waals surface area (Å²) in [5.74, 6) is -0.471. The fourth-order valence-corrected chi connectivity index (χ4v) is 2.09. The lowest BCUT2D eigenvalue weighted by Crippen LogP contribution is -2.24. The number of amides is 1. The van der Waals surface area contributed by atoms with Crippen LogP contribution in [0.15, 0.2) is 24.3 Å². The highest BCUT2D eigenvalue weighted by molar-refractivity contribution is 6.63. The zero-order valence-corrected chi connectivity index (χ0v) is 8.99. The fraction of sp³-hybridized carbons (Fsp3) is 0.273. The van der Waals surface area contributed by atoms with Crippen LogP contribution in [0, 0.1) is 0 Å². The molecule has 1 amide bonds. The normalized spacial score (nSPS) is 19.2. The van der Waals surface area contributed by atoms with Crippen molar-refractivity contribution in [2.75, 3.05) is 11.9 Å². The number of carbonyl (C=O) groups excluding carboxylic acids is 2. The summed E-state index contributed by atoms with van der Waals surface area (Å²) >= 11 is 5.33. The highest BCUT2D eigenvalue weighted by Crippen LogP contribution is 2.38. The van der Waals surface area contributed by atoms with E-state index in [9.17, 15) is 9.59 Å². The molecule has 4 heteroatoms. The van der Waals surface area contributed by atoms with E-state index in [1.807, 2.05) is 24.3 Å². The Kier molecular flexibility index (Phi) is 2.49. The van der Waals surface area contributed by atoms with Crippen LogP contribution in [0.2, 0.25) is 0 Å². The number of nitrogens with zero attached hydrogens (tertiary/aromatic N) is 1. The predicted molar refractivity (Wildman–Crippen MR) is 58.1 cm³/mol. The summed E-state index contributed by atoms with van der Waals surface area (Å²) < 4.78 is 0. The Morgan fingerprint density at radius 2 is 2.13 bits per heavy atom. The molecule has 0 fully saturated rings. The van der Waals surface area contributed by atoms with Gasteiger partial charge < -0.3 is 4.90 Å². The molecule has 0 bridgehead atoms. The van der Waals surface area contributed by atoms with Crippen LogP contribution in [-0.4, -0.2) is 18.2 Å². The number of hydrogen-bond donors (Lipinski definition) is 0. The number of likely N-dealkylation sites (N-methyl/N-ethyl adjacent to an activating group) is 1. The molecule has 1 heterocycles. The lowest BCUT2D eigenvalue weighted by molar-refractivity contribution is -0.121. The third-order valence-electron chi connectivity index (χ3n) is 2.67. The molecule has 0 radical (unpaired) electrons. The molecule has 0 aromatic heterocycles. The van der Waals surface area contributed by atoms with Gasteiger partial charge in [0.2, 0.25) is 11.1 Å². The largest absolute Gasteiger partial charge is 0.315 e. The number of para-hydroxylation sites is 1. The first-order chi connectivity index (χ1) is 7.11. The molecular formula is C11H10ClNO2. The second-order valence-corrected chi connectivity index (χ2v) is 3.99. The Balaban J connectivity index is 2.42. The zero-order chi connectivity index (χ0) is 11.0. The quantitative estimate of drug-likeness (QED) is 0.719. The Hall–Kier alpha value is -1.35. The number of halogens is 1. The molecule has 0 saturated carbocycles. The van der Waals surface area contributed by atoms with E-state index in [-0.39, 0.29) is 12.3 Å². The van der Waals surface area contributed by atoms with E-state index < -0.39 is 11.2 Å². The summed E-state index contributed by atoms with van der Waals surface area (Å²) in [6.45, 7) is 0. The summed E-state index contributed by atoms with van der Waals surface area (Å²) in [7, 11) is 1.71. The number of carbonyl (C=O) groups is 2. The molecule has 3 nitrogen and oxygen atoms in total. The molecule has 0 aliphatic carbocycles. The van der Waals surface area contributed by atoms with Gasteiger partial charge in [-0.1, -0.05) is 18.2 Å². The Labute approximate surface area is 92.6 Å². The van der Waals surface area contributed by atoms with Crippen LogP contribution in [0.5, 0.6) is 0 Å². The van der Waals surface area contributed by atoms with Crippen LogP contribution in [0.1, 0.15) is 17.9 Å². The maximum absolute atomic E-state index is 11.8. The number of rotatable bonds is 2. The number of hydrogen-bond acceptors (Lipinski definition) is 2. The fourth-order valence-electron chi connectivity index (χ4n) is 1.93. The van der Waals surface area contributed by atoms with E-state index in [0.29, 0.717) is 0 Å². The molecule has 1 aromatic carbocycles. The molecule has 0 N–H and O–H groups in total. The van der Waals surface area contributed by atoms with E-state index in [1.165, 1.54) is 0 Å². The van der Waals surface area contributed by atoms with E-state index >= 15 is 0 Å². The predicted octanol–water partition coefficient (Wildman–Crippen LogP) is 1.90. The highest BCUT2D eigenvalue weighted by atomic mass is 35.5. The SMILES string of the molecule is CN1C(=O)C(CC(=O)Cl)c2ccccc21. The molecule has 1 atom stereocenters. The average Bonchev–Trinajstić information content (AvgIpc) is 2.44. The first-order valence-corrected chi connectivity index (χ1v) is 5.04. The van der Waals surface area contributed by atoms with Gasteiger partial charge in [-0.3, -0.25) is 9.59 Å². The van der Waals surface area contributed by atoms with Crippen molar-refractivity contribution >= 4 is 28.4 Å². The maximum Gasteiger partial charge on any atom is 0.234 e. The topological polar surface area (TPSA) is 37.4 Å². The van der Waals surface area contributed by atoms with Gasteiger partial charge in [0.15, 0.2) is 0 Å². The summed E-state index contributed by atoms with van der Waals surface area (Å²) in [4.78, 5) is 24.2. The minimum atomic E-state index is -0.474. The minimum Gasteiger partial charge on any atom is -0.315 e. The van der Waals surface area contributed by atoms with Gasteiger partial charge in [0.25, 0.3) is 0 Å². The highest BCUT2D eigenvalue weighted by Gasteiger charge is 2.35. The molecule has 15 heavy (non-hydrogen) atoms. The molecule has 1 aromatic rings. The third kappa shape index (κ3) is 1.63. The second-order valence-electron chi connectivity index (χ2n) is 3.57. The van der Waals surface area contributed by atoms with E-state index in [4.69, 9.17) is 11.6 Å². The standard InChI is InChI=1S/C11H10ClNO2/c1-13-9-5-3-2-4-7(9)8(11(13)15)6-10(12)14/h2-5,8H,6H2,1H3. The monoisotopic (exact) mass is 223 g/mol. The van der Waals surface area contributed by atoms with Gasteiger partial charge in [0.1, 0.15) is 0 Å². The Bertz CT molecular complexity index is 430. The van der Waals surface area contributed by atoms with E-state index in [2.05, 4.69) is 0 Å². The Morgan fingerprint density at radius 3 is 2.80 bits per heavy atom. The zero-order valence-electron chi connectivity index (χ0n) is 8.24. The first-order valence-electron chi connectivity index (χ1n) is 4.66. The molecule has 1 unspecified atom stereocenters. The third-order valence-corrected chi connectivity index (χ3v) is 2.82. The molecular weight excluding hydrogens is 214 g/mol. The van der Waals surface area contributed by atoms with Crippen LogP contribution in [-0.2, 0) is 9.59 Å². The number of anilines is 1. The van der Waals surface area contributed by atoms with E-state index in [1.54, 1.807) is 11.9 Å². The summed E-state index contributed by atoms with van der Waals surface area (Å²) in [6, 6.07) is 7.46. The van der Waals surface area contributed by atoms with Gasteiger partial charge in [-0.25, -0.2) is 0 Å². The summed E-state index contributed by atoms with van der Waals surface area (Å²) in [5.41, 5.74) is 1.75. The molecule has 0 saturated heterocycles. The summed E-state index contributed by atoms with van der Waals surface area (Å²) in [5, 5.41) is -0.474. The van der Waals surface area contributed by atoms with Gasteiger partial charge >= 0.3 is 0 Å². The first kappa shape index (κ1) is 10.2. The Morgan fingerprint density at radius 1 is 1.47 bits per heavy atom. The van der Waals surface area contributed by atoms with Crippen LogP contribution in [0.25, 0.3) is 0 Å². The number of benzene rings is 1.